The van der Waals surface area contributed by atoms with Crippen LogP contribution in [0, 0.1) is 0 Å². The number of rotatable bonds is 5. The molecule has 0 saturated carbocycles. The second kappa shape index (κ2) is 6.64. The van der Waals surface area contributed by atoms with Crippen molar-refractivity contribution < 1.29 is 18.0 Å². The highest BCUT2D eigenvalue weighted by atomic mass is 32.2. The van der Waals surface area contributed by atoms with E-state index in [1.165, 1.54) is 9.21 Å². The summed E-state index contributed by atoms with van der Waals surface area (Å²) in [6.45, 7) is 2.69. The van der Waals surface area contributed by atoms with Gasteiger partial charge in [-0.2, -0.15) is 0 Å². The number of carbonyl (C=O) groups excluding carboxylic acids is 2. The van der Waals surface area contributed by atoms with Crippen LogP contribution in [0.5, 0.6) is 0 Å². The second-order valence-electron chi connectivity index (χ2n) is 6.33. The van der Waals surface area contributed by atoms with Gasteiger partial charge in [0.1, 0.15) is 0 Å². The number of unbranched alkanes of at least 4 members (excludes halogenated alkanes) is 1. The highest BCUT2D eigenvalue weighted by Crippen LogP contribution is 2.29. The Hall–Kier alpha value is -1.73. The Labute approximate surface area is 142 Å². The minimum atomic E-state index is -3.23. The van der Waals surface area contributed by atoms with Gasteiger partial charge >= 0.3 is 0 Å². The molecule has 1 aromatic rings. The van der Waals surface area contributed by atoms with E-state index in [2.05, 4.69) is 0 Å². The number of amides is 2. The molecule has 2 aliphatic rings. The molecule has 0 aliphatic carbocycles. The molecule has 1 fully saturated rings. The van der Waals surface area contributed by atoms with Gasteiger partial charge in [0, 0.05) is 19.1 Å². The first kappa shape index (κ1) is 17.1. The van der Waals surface area contributed by atoms with Crippen molar-refractivity contribution in [3.8, 4) is 0 Å². The normalized spacial score (nSPS) is 19.8. The first-order valence-corrected chi connectivity index (χ1v) is 10.0. The standard InChI is InChI=1S/C17H22N2O4S/c1-2-3-12-24(22,23)18-10-8-13(9-11-18)19-16(20)14-6-4-5-7-15(14)17(19)21/h4-7,13H,2-3,8-12H2,1H3. The molecule has 0 unspecified atom stereocenters. The van der Waals surface area contributed by atoms with E-state index in [1.54, 1.807) is 24.3 Å². The number of hydrogen-bond acceptors (Lipinski definition) is 4. The van der Waals surface area contributed by atoms with E-state index in [1.807, 2.05) is 6.92 Å². The van der Waals surface area contributed by atoms with Gasteiger partial charge in [-0.25, -0.2) is 12.7 Å². The molecule has 0 spiro atoms. The summed E-state index contributed by atoms with van der Waals surface area (Å²) >= 11 is 0. The van der Waals surface area contributed by atoms with Crippen LogP contribution in [0.1, 0.15) is 53.3 Å². The zero-order valence-electron chi connectivity index (χ0n) is 13.8. The van der Waals surface area contributed by atoms with E-state index in [4.69, 9.17) is 0 Å². The molecule has 1 saturated heterocycles. The van der Waals surface area contributed by atoms with Gasteiger partial charge in [-0.3, -0.25) is 14.5 Å². The van der Waals surface area contributed by atoms with Crippen molar-refractivity contribution in [2.45, 2.75) is 38.6 Å². The zero-order valence-corrected chi connectivity index (χ0v) is 14.6. The predicted octanol–water partition coefficient (Wildman–Crippen LogP) is 1.88. The molecule has 7 heteroatoms. The van der Waals surface area contributed by atoms with Gasteiger partial charge in [0.2, 0.25) is 10.0 Å². The summed E-state index contributed by atoms with van der Waals surface area (Å²) in [5.74, 6) is -0.355. The lowest BCUT2D eigenvalue weighted by Gasteiger charge is -2.35. The van der Waals surface area contributed by atoms with Crippen LogP contribution in [0.15, 0.2) is 24.3 Å². The van der Waals surface area contributed by atoms with E-state index >= 15 is 0 Å². The minimum Gasteiger partial charge on any atom is -0.271 e. The molecule has 2 amide bonds. The Morgan fingerprint density at radius 3 is 2.08 bits per heavy atom. The van der Waals surface area contributed by atoms with Crippen molar-refractivity contribution >= 4 is 21.8 Å². The van der Waals surface area contributed by atoms with Crippen molar-refractivity contribution in [1.82, 2.24) is 9.21 Å². The molecular formula is C17H22N2O4S. The molecule has 0 radical (unpaired) electrons. The largest absolute Gasteiger partial charge is 0.271 e. The summed E-state index contributed by atoms with van der Waals surface area (Å²) in [5.41, 5.74) is 0.890. The maximum absolute atomic E-state index is 12.5. The zero-order chi connectivity index (χ0) is 17.3. The van der Waals surface area contributed by atoms with Crippen LogP contribution in [0.4, 0.5) is 0 Å². The third-order valence-electron chi connectivity index (χ3n) is 4.76. The minimum absolute atomic E-state index is 0.168. The Bertz CT molecular complexity index is 717. The molecule has 0 bridgehead atoms. The fourth-order valence-corrected chi connectivity index (χ4v) is 5.05. The van der Waals surface area contributed by atoms with Crippen LogP contribution in [0.25, 0.3) is 0 Å². The molecule has 1 aromatic carbocycles. The van der Waals surface area contributed by atoms with Crippen LogP contribution in [-0.2, 0) is 10.0 Å². The van der Waals surface area contributed by atoms with E-state index in [9.17, 15) is 18.0 Å². The van der Waals surface area contributed by atoms with Gasteiger partial charge in [0.15, 0.2) is 0 Å². The number of carbonyl (C=O) groups is 2. The smallest absolute Gasteiger partial charge is 0.261 e. The van der Waals surface area contributed by atoms with Crippen LogP contribution >= 0.6 is 0 Å². The molecule has 3 rings (SSSR count). The summed E-state index contributed by atoms with van der Waals surface area (Å²) in [6, 6.07) is 6.60. The third kappa shape index (κ3) is 2.98. The lowest BCUT2D eigenvalue weighted by molar-refractivity contribution is 0.0536. The second-order valence-corrected chi connectivity index (χ2v) is 8.41. The fraction of sp³-hybridized carbons (Fsp3) is 0.529. The molecule has 130 valence electrons. The number of imide groups is 1. The average Bonchev–Trinajstić information content (AvgIpc) is 2.85. The molecule has 2 aliphatic heterocycles. The number of benzene rings is 1. The van der Waals surface area contributed by atoms with Gasteiger partial charge in [-0.1, -0.05) is 25.5 Å². The number of sulfonamides is 1. The third-order valence-corrected chi connectivity index (χ3v) is 6.72. The van der Waals surface area contributed by atoms with Gasteiger partial charge in [0.05, 0.1) is 16.9 Å². The lowest BCUT2D eigenvalue weighted by atomic mass is 10.1. The van der Waals surface area contributed by atoms with Crippen molar-refractivity contribution in [3.05, 3.63) is 35.4 Å². The van der Waals surface area contributed by atoms with Crippen LogP contribution < -0.4 is 0 Å². The summed E-state index contributed by atoms with van der Waals surface area (Å²) < 4.78 is 26.0. The molecule has 0 aromatic heterocycles. The first-order chi connectivity index (χ1) is 11.5. The van der Waals surface area contributed by atoms with Crippen molar-refractivity contribution in [2.24, 2.45) is 0 Å². The monoisotopic (exact) mass is 350 g/mol. The van der Waals surface area contributed by atoms with Gasteiger partial charge in [-0.05, 0) is 31.4 Å². The topological polar surface area (TPSA) is 74.8 Å². The Morgan fingerprint density at radius 1 is 1.04 bits per heavy atom. The van der Waals surface area contributed by atoms with Gasteiger partial charge in [-0.15, -0.1) is 0 Å². The van der Waals surface area contributed by atoms with Crippen LogP contribution in [0.2, 0.25) is 0 Å². The SMILES string of the molecule is CCCCS(=O)(=O)N1CCC(N2C(=O)c3ccccc3C2=O)CC1. The molecule has 2 heterocycles. The highest BCUT2D eigenvalue weighted by molar-refractivity contribution is 7.89. The first-order valence-electron chi connectivity index (χ1n) is 8.40. The quantitative estimate of drug-likeness (QED) is 0.760. The molecule has 24 heavy (non-hydrogen) atoms. The number of nitrogens with zero attached hydrogens (tertiary/aromatic N) is 2. The van der Waals surface area contributed by atoms with E-state index in [0.29, 0.717) is 43.5 Å². The lowest BCUT2D eigenvalue weighted by Crippen LogP contribution is -2.49. The predicted molar refractivity (Wildman–Crippen MR) is 90.2 cm³/mol. The van der Waals surface area contributed by atoms with Crippen LogP contribution in [0.3, 0.4) is 0 Å². The Balaban J connectivity index is 1.68. The van der Waals surface area contributed by atoms with E-state index in [-0.39, 0.29) is 23.6 Å². The highest BCUT2D eigenvalue weighted by Gasteiger charge is 2.41. The summed E-state index contributed by atoms with van der Waals surface area (Å²) in [4.78, 5) is 26.3. The van der Waals surface area contributed by atoms with Crippen molar-refractivity contribution in [1.29, 1.82) is 0 Å². The van der Waals surface area contributed by atoms with Crippen molar-refractivity contribution in [2.75, 3.05) is 18.8 Å². The Kier molecular flexibility index (Phi) is 4.73. The van der Waals surface area contributed by atoms with Crippen LogP contribution in [-0.4, -0.2) is 54.3 Å². The molecule has 0 atom stereocenters. The molecule has 0 N–H and O–H groups in total. The average molecular weight is 350 g/mol. The van der Waals surface area contributed by atoms with Crippen molar-refractivity contribution in [3.63, 3.8) is 0 Å². The number of fused-ring (bicyclic) bond motifs is 1. The summed E-state index contributed by atoms with van der Waals surface area (Å²) in [6.07, 6.45) is 2.49. The molecule has 6 nitrogen and oxygen atoms in total. The summed E-state index contributed by atoms with van der Waals surface area (Å²) in [5, 5.41) is 0. The fourth-order valence-electron chi connectivity index (χ4n) is 3.37. The van der Waals surface area contributed by atoms with Gasteiger partial charge in [0.25, 0.3) is 11.8 Å². The maximum Gasteiger partial charge on any atom is 0.261 e. The van der Waals surface area contributed by atoms with E-state index in [0.717, 1.165) is 6.42 Å². The molecular weight excluding hydrogens is 328 g/mol. The van der Waals surface area contributed by atoms with Gasteiger partial charge < -0.3 is 0 Å². The van der Waals surface area contributed by atoms with E-state index < -0.39 is 10.0 Å². The summed E-state index contributed by atoms with van der Waals surface area (Å²) in [7, 11) is -3.23. The maximum atomic E-state index is 12.5. The number of piperidine rings is 1. The Morgan fingerprint density at radius 2 is 1.58 bits per heavy atom. The number of hydrogen-bond donors (Lipinski definition) is 0.